The molecule has 3 rings (SSSR count). The zero-order valence-electron chi connectivity index (χ0n) is 12.0. The first kappa shape index (κ1) is 13.5. The topological polar surface area (TPSA) is 12.0 Å². The van der Waals surface area contributed by atoms with Crippen LogP contribution < -0.4 is 5.32 Å². The van der Waals surface area contributed by atoms with Gasteiger partial charge in [0.25, 0.3) is 0 Å². The van der Waals surface area contributed by atoms with Gasteiger partial charge in [-0.05, 0) is 43.1 Å². The molecule has 0 unspecified atom stereocenters. The number of rotatable bonds is 4. The summed E-state index contributed by atoms with van der Waals surface area (Å²) in [6.07, 6.45) is 11.8. The molecule has 0 atom stereocenters. The lowest BCUT2D eigenvalue weighted by Gasteiger charge is -2.37. The molecule has 0 spiro atoms. The van der Waals surface area contributed by atoms with Crippen molar-refractivity contribution < 1.29 is 0 Å². The normalized spacial score (nSPS) is 22.4. The standard InChI is InChI=1S/C17H25NS/c1-19-17(9-5-2-6-10-17)13-18-16-11-14-7-3-4-8-15(14)12-16/h3-4,7-8,16,18H,2,5-6,9-13H2,1H3. The molecule has 2 aliphatic carbocycles. The molecule has 1 saturated carbocycles. The number of nitrogens with one attached hydrogen (secondary N) is 1. The van der Waals surface area contributed by atoms with Crippen LogP contribution in [0.25, 0.3) is 0 Å². The van der Waals surface area contributed by atoms with E-state index in [9.17, 15) is 0 Å². The Balaban J connectivity index is 1.56. The minimum absolute atomic E-state index is 0.521. The van der Waals surface area contributed by atoms with Gasteiger partial charge in [0.1, 0.15) is 0 Å². The third kappa shape index (κ3) is 3.00. The molecule has 1 aromatic rings. The molecule has 0 amide bonds. The summed E-state index contributed by atoms with van der Waals surface area (Å²) < 4.78 is 0.521. The van der Waals surface area contributed by atoms with Crippen LogP contribution in [0.15, 0.2) is 24.3 Å². The lowest BCUT2D eigenvalue weighted by molar-refractivity contribution is 0.363. The quantitative estimate of drug-likeness (QED) is 0.897. The molecular weight excluding hydrogens is 250 g/mol. The molecule has 1 aromatic carbocycles. The Labute approximate surface area is 121 Å². The summed E-state index contributed by atoms with van der Waals surface area (Å²) in [5.74, 6) is 0. The molecule has 1 fully saturated rings. The van der Waals surface area contributed by atoms with E-state index < -0.39 is 0 Å². The summed E-state index contributed by atoms with van der Waals surface area (Å²) in [7, 11) is 0. The van der Waals surface area contributed by atoms with Gasteiger partial charge in [0.15, 0.2) is 0 Å². The Morgan fingerprint density at radius 2 is 1.74 bits per heavy atom. The van der Waals surface area contributed by atoms with Crippen LogP contribution in [-0.4, -0.2) is 23.6 Å². The second kappa shape index (κ2) is 5.88. The number of thioether (sulfide) groups is 1. The average Bonchev–Trinajstić information content (AvgIpc) is 2.89. The van der Waals surface area contributed by atoms with Gasteiger partial charge in [-0.1, -0.05) is 43.5 Å². The maximum absolute atomic E-state index is 3.87. The van der Waals surface area contributed by atoms with Crippen molar-refractivity contribution >= 4 is 11.8 Å². The van der Waals surface area contributed by atoms with E-state index in [1.165, 1.54) is 51.5 Å². The van der Waals surface area contributed by atoms with Crippen molar-refractivity contribution in [2.75, 3.05) is 12.8 Å². The van der Waals surface area contributed by atoms with E-state index in [1.807, 2.05) is 0 Å². The number of hydrogen-bond donors (Lipinski definition) is 1. The van der Waals surface area contributed by atoms with Gasteiger partial charge in [-0.15, -0.1) is 0 Å². The predicted molar refractivity (Wildman–Crippen MR) is 85.0 cm³/mol. The molecule has 1 nitrogen and oxygen atoms in total. The Bertz CT molecular complexity index is 398. The van der Waals surface area contributed by atoms with Gasteiger partial charge in [0, 0.05) is 17.3 Å². The lowest BCUT2D eigenvalue weighted by Crippen LogP contribution is -2.43. The first-order valence-electron chi connectivity index (χ1n) is 7.67. The third-order valence-corrected chi connectivity index (χ3v) is 6.38. The Morgan fingerprint density at radius 3 is 2.32 bits per heavy atom. The summed E-state index contributed by atoms with van der Waals surface area (Å²) in [5, 5.41) is 3.87. The van der Waals surface area contributed by atoms with Crippen LogP contribution in [0.2, 0.25) is 0 Å². The molecule has 19 heavy (non-hydrogen) atoms. The molecular formula is C17H25NS. The molecule has 0 aliphatic heterocycles. The number of hydrogen-bond acceptors (Lipinski definition) is 2. The Kier molecular flexibility index (Phi) is 4.18. The van der Waals surface area contributed by atoms with Gasteiger partial charge >= 0.3 is 0 Å². The average molecular weight is 275 g/mol. The van der Waals surface area contributed by atoms with Crippen molar-refractivity contribution in [2.45, 2.75) is 55.7 Å². The van der Waals surface area contributed by atoms with Gasteiger partial charge in [0.2, 0.25) is 0 Å². The molecule has 0 heterocycles. The summed E-state index contributed by atoms with van der Waals surface area (Å²) in [6.45, 7) is 1.20. The largest absolute Gasteiger partial charge is 0.312 e. The van der Waals surface area contributed by atoms with E-state index in [0.717, 1.165) is 0 Å². The van der Waals surface area contributed by atoms with Crippen LogP contribution in [0.3, 0.4) is 0 Å². The molecule has 0 aromatic heterocycles. The van der Waals surface area contributed by atoms with Crippen molar-refractivity contribution in [3.63, 3.8) is 0 Å². The van der Waals surface area contributed by atoms with Crippen molar-refractivity contribution in [3.05, 3.63) is 35.4 Å². The van der Waals surface area contributed by atoms with Crippen LogP contribution in [-0.2, 0) is 12.8 Å². The first-order valence-corrected chi connectivity index (χ1v) is 8.89. The molecule has 1 N–H and O–H groups in total. The van der Waals surface area contributed by atoms with Gasteiger partial charge in [-0.2, -0.15) is 11.8 Å². The Hall–Kier alpha value is -0.470. The number of benzene rings is 1. The van der Waals surface area contributed by atoms with Crippen molar-refractivity contribution in [3.8, 4) is 0 Å². The van der Waals surface area contributed by atoms with Crippen molar-refractivity contribution in [1.82, 2.24) is 5.32 Å². The SMILES string of the molecule is CSC1(CNC2Cc3ccccc3C2)CCCCC1. The van der Waals surface area contributed by atoms with E-state index in [1.54, 1.807) is 11.1 Å². The molecule has 2 heteroatoms. The van der Waals surface area contributed by atoms with E-state index in [4.69, 9.17) is 0 Å². The monoisotopic (exact) mass is 275 g/mol. The summed E-state index contributed by atoms with van der Waals surface area (Å²) in [6, 6.07) is 9.60. The molecule has 0 bridgehead atoms. The fraction of sp³-hybridized carbons (Fsp3) is 0.647. The highest BCUT2D eigenvalue weighted by molar-refractivity contribution is 8.00. The van der Waals surface area contributed by atoms with E-state index in [0.29, 0.717) is 10.8 Å². The molecule has 0 saturated heterocycles. The fourth-order valence-corrected chi connectivity index (χ4v) is 4.61. The summed E-state index contributed by atoms with van der Waals surface area (Å²) in [4.78, 5) is 0. The van der Waals surface area contributed by atoms with Crippen molar-refractivity contribution in [2.24, 2.45) is 0 Å². The zero-order chi connectivity index (χ0) is 13.1. The predicted octanol–water partition coefficient (Wildman–Crippen LogP) is 3.81. The highest BCUT2D eigenvalue weighted by Crippen LogP contribution is 2.38. The maximum Gasteiger partial charge on any atom is 0.0281 e. The summed E-state index contributed by atoms with van der Waals surface area (Å²) in [5.41, 5.74) is 3.11. The van der Waals surface area contributed by atoms with Gasteiger partial charge in [-0.25, -0.2) is 0 Å². The smallest absolute Gasteiger partial charge is 0.0281 e. The fourth-order valence-electron chi connectivity index (χ4n) is 3.68. The molecule has 104 valence electrons. The van der Waals surface area contributed by atoms with E-state index in [-0.39, 0.29) is 0 Å². The van der Waals surface area contributed by atoms with Gasteiger partial charge in [0.05, 0.1) is 0 Å². The van der Waals surface area contributed by atoms with E-state index in [2.05, 4.69) is 47.6 Å². The second-order valence-electron chi connectivity index (χ2n) is 6.20. The van der Waals surface area contributed by atoms with E-state index >= 15 is 0 Å². The highest BCUT2D eigenvalue weighted by Gasteiger charge is 2.32. The maximum atomic E-state index is 3.87. The first-order chi connectivity index (χ1) is 9.31. The number of fused-ring (bicyclic) bond motifs is 1. The zero-order valence-corrected chi connectivity index (χ0v) is 12.8. The third-order valence-electron chi connectivity index (χ3n) is 4.96. The van der Waals surface area contributed by atoms with Crippen LogP contribution >= 0.6 is 11.8 Å². The van der Waals surface area contributed by atoms with Gasteiger partial charge in [-0.3, -0.25) is 0 Å². The van der Waals surface area contributed by atoms with Crippen LogP contribution in [0, 0.1) is 0 Å². The Morgan fingerprint density at radius 1 is 1.11 bits per heavy atom. The second-order valence-corrected chi connectivity index (χ2v) is 7.48. The van der Waals surface area contributed by atoms with Crippen LogP contribution in [0.5, 0.6) is 0 Å². The lowest BCUT2D eigenvalue weighted by atomic mass is 9.88. The minimum atomic E-state index is 0.521. The van der Waals surface area contributed by atoms with Crippen LogP contribution in [0.1, 0.15) is 43.2 Å². The van der Waals surface area contributed by atoms with Crippen LogP contribution in [0.4, 0.5) is 0 Å². The molecule has 2 aliphatic rings. The van der Waals surface area contributed by atoms with Gasteiger partial charge < -0.3 is 5.32 Å². The minimum Gasteiger partial charge on any atom is -0.312 e. The van der Waals surface area contributed by atoms with Crippen molar-refractivity contribution in [1.29, 1.82) is 0 Å². The summed E-state index contributed by atoms with van der Waals surface area (Å²) >= 11 is 2.10. The highest BCUT2D eigenvalue weighted by atomic mass is 32.2. The molecule has 0 radical (unpaired) electrons.